The minimum atomic E-state index is -0.798. The van der Waals surface area contributed by atoms with Gasteiger partial charge in [-0.2, -0.15) is 0 Å². The van der Waals surface area contributed by atoms with E-state index in [1.54, 1.807) is 11.8 Å². The first-order chi connectivity index (χ1) is 31.6. The van der Waals surface area contributed by atoms with Crippen LogP contribution in [0.15, 0.2) is 72.8 Å². The molecule has 65 heavy (non-hydrogen) atoms. The van der Waals surface area contributed by atoms with Gasteiger partial charge in [0.15, 0.2) is 0 Å². The Morgan fingerprint density at radius 2 is 1.14 bits per heavy atom. The van der Waals surface area contributed by atoms with Crippen molar-refractivity contribution in [2.45, 2.75) is 103 Å². The van der Waals surface area contributed by atoms with Crippen LogP contribution in [-0.2, 0) is 53.1 Å². The molecular weight excluding hydrogens is 821 g/mol. The molecule has 2 aromatic heterocycles. The summed E-state index contributed by atoms with van der Waals surface area (Å²) in [4.78, 5) is 62.7. The number of carboxylic acid groups (broad SMARTS) is 1. The molecule has 0 radical (unpaired) electrons. The summed E-state index contributed by atoms with van der Waals surface area (Å²) in [5.41, 5.74) is 8.98. The number of ether oxygens (including phenoxy) is 1. The fourth-order valence-electron chi connectivity index (χ4n) is 9.63. The highest BCUT2D eigenvalue weighted by Crippen LogP contribution is 2.36. The predicted molar refractivity (Wildman–Crippen MR) is 252 cm³/mol. The van der Waals surface area contributed by atoms with Crippen molar-refractivity contribution in [2.24, 2.45) is 11.8 Å². The predicted octanol–water partition coefficient (Wildman–Crippen LogP) is 7.67. The molecule has 8 rings (SSSR count). The number of nitrogens with one attached hydrogen (secondary N) is 4. The van der Waals surface area contributed by atoms with Crippen LogP contribution in [0.5, 0.6) is 0 Å². The van der Waals surface area contributed by atoms with Crippen molar-refractivity contribution in [3.63, 3.8) is 0 Å². The first-order valence-electron chi connectivity index (χ1n) is 23.6. The van der Waals surface area contributed by atoms with Crippen LogP contribution in [0.1, 0.15) is 109 Å². The summed E-state index contributed by atoms with van der Waals surface area (Å²) in [6.07, 6.45) is 9.15. The SMILES string of the molecule is CC(C(=O)O)C1CCN(C(=O)NCCCc2ccc3c(n2)NCCC3)Cc2ccccc21.COC(=O)C(C)C1CCN(C(=O)NCCCc2ccc3c(n2)NCCC3)Cc2ccccc21. The second-order valence-corrected chi connectivity index (χ2v) is 17.8. The molecule has 4 aliphatic heterocycles. The zero-order valence-corrected chi connectivity index (χ0v) is 38.2. The number of esters is 1. The molecule has 0 fully saturated rings. The number of pyridine rings is 2. The molecule has 14 nitrogen and oxygen atoms in total. The van der Waals surface area contributed by atoms with E-state index >= 15 is 0 Å². The molecule has 0 saturated heterocycles. The Labute approximate surface area is 383 Å². The molecule has 0 saturated carbocycles. The number of aliphatic carboxylic acids is 1. The van der Waals surface area contributed by atoms with Crippen LogP contribution in [0.2, 0.25) is 0 Å². The Kier molecular flexibility index (Phi) is 16.3. The van der Waals surface area contributed by atoms with Crippen LogP contribution in [0, 0.1) is 11.8 Å². The van der Waals surface area contributed by atoms with Gasteiger partial charge in [0.1, 0.15) is 11.6 Å². The molecule has 14 heteroatoms. The minimum Gasteiger partial charge on any atom is -0.481 e. The standard InChI is InChI=1S/C26H34N4O3.C25H32N4O3/c1-18(25(31)33-2)22-13-16-30(17-20-7-3-4-10-23(20)22)26(32)28-15-6-9-21-12-11-19-8-5-14-27-24(19)29-21;1-17(24(30)31)21-12-15-29(16-19-6-2-3-9-22(19)21)25(32)27-14-5-8-20-11-10-18-7-4-13-26-23(18)28-20/h3-4,7,10-12,18,22H,5-6,8-9,13-17H2,1-2H3,(H,27,29)(H,28,32);2-3,6,9-11,17,21H,4-5,7-8,12-16H2,1H3,(H,26,28)(H,27,32)(H,30,31). The second kappa shape index (κ2) is 22.6. The van der Waals surface area contributed by atoms with E-state index in [0.29, 0.717) is 45.7 Å². The molecule has 0 aliphatic carbocycles. The molecule has 4 amide bonds. The molecular formula is C51H66N8O6. The maximum Gasteiger partial charge on any atom is 0.317 e. The van der Waals surface area contributed by atoms with Gasteiger partial charge in [-0.25, -0.2) is 19.6 Å². The zero-order valence-electron chi connectivity index (χ0n) is 38.2. The van der Waals surface area contributed by atoms with Crippen LogP contribution in [0.3, 0.4) is 0 Å². The van der Waals surface area contributed by atoms with Crippen LogP contribution in [0.25, 0.3) is 0 Å². The van der Waals surface area contributed by atoms with E-state index in [9.17, 15) is 24.3 Å². The monoisotopic (exact) mass is 887 g/mol. The van der Waals surface area contributed by atoms with Gasteiger partial charge in [-0.05, 0) is 122 Å². The van der Waals surface area contributed by atoms with Gasteiger partial charge in [0.25, 0.3) is 0 Å². The van der Waals surface area contributed by atoms with E-state index < -0.39 is 11.9 Å². The molecule has 4 atom stereocenters. The lowest BCUT2D eigenvalue weighted by molar-refractivity contribution is -0.145. The highest BCUT2D eigenvalue weighted by atomic mass is 16.5. The van der Waals surface area contributed by atoms with Gasteiger partial charge in [-0.15, -0.1) is 0 Å². The number of anilines is 2. The Morgan fingerprint density at radius 1 is 0.677 bits per heavy atom. The Morgan fingerprint density at radius 3 is 1.60 bits per heavy atom. The van der Waals surface area contributed by atoms with E-state index in [-0.39, 0.29) is 35.8 Å². The normalized spacial score (nSPS) is 18.4. The van der Waals surface area contributed by atoms with Gasteiger partial charge < -0.3 is 40.9 Å². The number of rotatable bonds is 12. The third-order valence-corrected chi connectivity index (χ3v) is 13.5. The molecule has 0 spiro atoms. The molecule has 4 unspecified atom stereocenters. The summed E-state index contributed by atoms with van der Waals surface area (Å²) >= 11 is 0. The number of carbonyl (C=O) groups excluding carboxylic acids is 3. The maximum absolute atomic E-state index is 12.9. The second-order valence-electron chi connectivity index (χ2n) is 17.8. The Hall–Kier alpha value is -6.18. The van der Waals surface area contributed by atoms with E-state index in [2.05, 4.69) is 51.6 Å². The fourth-order valence-corrected chi connectivity index (χ4v) is 9.63. The topological polar surface area (TPSA) is 178 Å². The molecule has 2 aromatic carbocycles. The highest BCUT2D eigenvalue weighted by molar-refractivity contribution is 5.76. The molecule has 4 aliphatic rings. The van der Waals surface area contributed by atoms with E-state index in [0.717, 1.165) is 116 Å². The van der Waals surface area contributed by atoms with Crippen molar-refractivity contribution in [2.75, 3.05) is 57.0 Å². The zero-order chi connectivity index (χ0) is 45.7. The molecule has 4 aromatic rings. The Balaban J connectivity index is 0.000000194. The molecule has 5 N–H and O–H groups in total. The van der Waals surface area contributed by atoms with Crippen molar-refractivity contribution in [3.05, 3.63) is 118 Å². The number of fused-ring (bicyclic) bond motifs is 4. The van der Waals surface area contributed by atoms with E-state index in [4.69, 9.17) is 14.7 Å². The summed E-state index contributed by atoms with van der Waals surface area (Å²) in [6, 6.07) is 24.4. The summed E-state index contributed by atoms with van der Waals surface area (Å²) in [6.45, 7) is 9.00. The number of urea groups is 2. The number of aryl methyl sites for hydroxylation is 4. The smallest absolute Gasteiger partial charge is 0.317 e. The summed E-state index contributed by atoms with van der Waals surface area (Å²) in [7, 11) is 1.43. The quantitative estimate of drug-likeness (QED) is 0.0701. The van der Waals surface area contributed by atoms with Crippen molar-refractivity contribution in [1.29, 1.82) is 0 Å². The van der Waals surface area contributed by atoms with E-state index in [1.165, 1.54) is 18.2 Å². The lowest BCUT2D eigenvalue weighted by Crippen LogP contribution is -2.40. The highest BCUT2D eigenvalue weighted by Gasteiger charge is 2.33. The maximum atomic E-state index is 12.9. The number of nitrogens with zero attached hydrogens (tertiary/aromatic N) is 4. The van der Waals surface area contributed by atoms with Crippen LogP contribution in [-0.4, -0.2) is 95.3 Å². The summed E-state index contributed by atoms with van der Waals surface area (Å²) in [5.74, 6) is 0.219. The molecule has 346 valence electrons. The number of hydrogen-bond acceptors (Lipinski definition) is 9. The van der Waals surface area contributed by atoms with Gasteiger partial charge in [0.05, 0.1) is 18.9 Å². The lowest BCUT2D eigenvalue weighted by atomic mass is 9.83. The largest absolute Gasteiger partial charge is 0.481 e. The number of methoxy groups -OCH3 is 1. The van der Waals surface area contributed by atoms with E-state index in [1.807, 2.05) is 54.3 Å². The van der Waals surface area contributed by atoms with Gasteiger partial charge in [-0.3, -0.25) is 9.59 Å². The number of carbonyl (C=O) groups is 4. The van der Waals surface area contributed by atoms with Crippen molar-refractivity contribution >= 4 is 35.6 Å². The average molecular weight is 887 g/mol. The molecule has 0 bridgehead atoms. The van der Waals surface area contributed by atoms with Gasteiger partial charge in [0, 0.05) is 63.7 Å². The fraction of sp³-hybridized carbons (Fsp3) is 0.490. The summed E-state index contributed by atoms with van der Waals surface area (Å²) < 4.78 is 4.99. The number of amides is 4. The van der Waals surface area contributed by atoms with Crippen molar-refractivity contribution < 1.29 is 29.0 Å². The third-order valence-electron chi connectivity index (χ3n) is 13.5. The van der Waals surface area contributed by atoms with Crippen LogP contribution >= 0.6 is 0 Å². The lowest BCUT2D eigenvalue weighted by Gasteiger charge is -2.23. The minimum absolute atomic E-state index is 0.0372. The van der Waals surface area contributed by atoms with Crippen LogP contribution < -0.4 is 21.3 Å². The number of aromatic nitrogens is 2. The first-order valence-corrected chi connectivity index (χ1v) is 23.6. The number of carboxylic acids is 1. The average Bonchev–Trinajstić information content (AvgIpc) is 3.66. The Bertz CT molecular complexity index is 2290. The van der Waals surface area contributed by atoms with Crippen molar-refractivity contribution in [3.8, 4) is 0 Å². The van der Waals surface area contributed by atoms with Gasteiger partial charge in [0.2, 0.25) is 0 Å². The van der Waals surface area contributed by atoms with Gasteiger partial charge >= 0.3 is 24.0 Å². The number of benzene rings is 2. The van der Waals surface area contributed by atoms with Crippen LogP contribution in [0.4, 0.5) is 21.2 Å². The third kappa shape index (κ3) is 12.1. The first kappa shape index (κ1) is 46.8. The molecule has 6 heterocycles. The number of hydrogen-bond donors (Lipinski definition) is 5. The van der Waals surface area contributed by atoms with Crippen molar-refractivity contribution in [1.82, 2.24) is 30.4 Å². The van der Waals surface area contributed by atoms with Gasteiger partial charge in [-0.1, -0.05) is 74.5 Å². The summed E-state index contributed by atoms with van der Waals surface area (Å²) in [5, 5.41) is 22.4.